The lowest BCUT2D eigenvalue weighted by molar-refractivity contribution is 0.0993. The second-order valence-corrected chi connectivity index (χ2v) is 9.54. The van der Waals surface area contributed by atoms with Gasteiger partial charge >= 0.3 is 0 Å². The molecule has 3 aromatic rings. The summed E-state index contributed by atoms with van der Waals surface area (Å²) >= 11 is 1.63. The van der Waals surface area contributed by atoms with Crippen molar-refractivity contribution >= 4 is 17.1 Å². The molecule has 2 saturated carbocycles. The maximum atomic E-state index is 12.8. The van der Waals surface area contributed by atoms with Gasteiger partial charge in [0.15, 0.2) is 5.78 Å². The second-order valence-electron chi connectivity index (χ2n) is 8.47. The number of rotatable bonds is 8. The fourth-order valence-corrected chi connectivity index (χ4v) is 4.57. The Morgan fingerprint density at radius 1 is 1.17 bits per heavy atom. The van der Waals surface area contributed by atoms with E-state index in [0.29, 0.717) is 18.4 Å². The highest BCUT2D eigenvalue weighted by Gasteiger charge is 2.38. The maximum Gasteiger partial charge on any atom is 0.167 e. The molecule has 0 bridgehead atoms. The number of nitrogens with zero attached hydrogens (tertiary/aromatic N) is 1. The summed E-state index contributed by atoms with van der Waals surface area (Å²) in [4.78, 5) is 17.3. The van der Waals surface area contributed by atoms with Gasteiger partial charge in [0.05, 0.1) is 10.7 Å². The highest BCUT2D eigenvalue weighted by molar-refractivity contribution is 7.09. The van der Waals surface area contributed by atoms with Crippen LogP contribution in [0, 0.1) is 12.8 Å². The van der Waals surface area contributed by atoms with E-state index in [0.717, 1.165) is 33.3 Å². The molecule has 2 aromatic carbocycles. The molecule has 4 heteroatoms. The number of Topliss-reactive ketones (excluding diaryl/α,β-unsaturated/α-hetero) is 1. The van der Waals surface area contributed by atoms with Crippen molar-refractivity contribution in [3.05, 3.63) is 75.6 Å². The molecule has 2 aliphatic carbocycles. The third kappa shape index (κ3) is 4.49. The fraction of sp³-hybridized carbons (Fsp3) is 0.360. The molecule has 148 valence electrons. The summed E-state index contributed by atoms with van der Waals surface area (Å²) in [6, 6.07) is 17.1. The molecule has 0 amide bonds. The Labute approximate surface area is 176 Å². The van der Waals surface area contributed by atoms with Crippen LogP contribution in [0.15, 0.2) is 53.9 Å². The minimum Gasteiger partial charge on any atom is -0.313 e. The summed E-state index contributed by atoms with van der Waals surface area (Å²) in [5.41, 5.74) is 5.19. The lowest BCUT2D eigenvalue weighted by atomic mass is 9.99. The molecule has 5 rings (SSSR count). The summed E-state index contributed by atoms with van der Waals surface area (Å²) in [6.07, 6.45) is 4.49. The third-order valence-electron chi connectivity index (χ3n) is 6.03. The smallest absolute Gasteiger partial charge is 0.167 e. The zero-order valence-electron chi connectivity index (χ0n) is 16.7. The van der Waals surface area contributed by atoms with E-state index in [1.807, 2.05) is 36.6 Å². The predicted molar refractivity (Wildman–Crippen MR) is 119 cm³/mol. The Morgan fingerprint density at radius 2 is 2.00 bits per heavy atom. The van der Waals surface area contributed by atoms with Crippen molar-refractivity contribution in [1.29, 1.82) is 0 Å². The molecule has 1 heterocycles. The molecule has 0 radical (unpaired) electrons. The zero-order valence-corrected chi connectivity index (χ0v) is 17.5. The Kier molecular flexibility index (Phi) is 5.06. The molecule has 1 aromatic heterocycles. The van der Waals surface area contributed by atoms with E-state index >= 15 is 0 Å². The lowest BCUT2D eigenvalue weighted by Gasteiger charge is -2.06. The molecule has 0 spiro atoms. The summed E-state index contributed by atoms with van der Waals surface area (Å²) in [5.74, 6) is 1.74. The first-order valence-corrected chi connectivity index (χ1v) is 11.4. The second kappa shape index (κ2) is 7.85. The Bertz CT molecular complexity index is 1020. The van der Waals surface area contributed by atoms with Gasteiger partial charge in [-0.05, 0) is 55.8 Å². The first kappa shape index (κ1) is 18.7. The van der Waals surface area contributed by atoms with Crippen LogP contribution >= 0.6 is 11.3 Å². The molecule has 2 unspecified atom stereocenters. The van der Waals surface area contributed by atoms with Gasteiger partial charge in [0.25, 0.3) is 0 Å². The van der Waals surface area contributed by atoms with Crippen LogP contribution in [-0.4, -0.2) is 23.4 Å². The maximum absolute atomic E-state index is 12.8. The lowest BCUT2D eigenvalue weighted by Crippen LogP contribution is -2.20. The highest BCUT2D eigenvalue weighted by Crippen LogP contribution is 2.41. The molecular formula is C25H26N2OS. The van der Waals surface area contributed by atoms with Gasteiger partial charge in [-0.3, -0.25) is 4.79 Å². The average Bonchev–Trinajstić information content (AvgIpc) is 3.66. The first-order chi connectivity index (χ1) is 14.2. The van der Waals surface area contributed by atoms with Gasteiger partial charge in [-0.2, -0.15) is 0 Å². The van der Waals surface area contributed by atoms with Gasteiger partial charge in [-0.15, -0.1) is 11.3 Å². The molecule has 1 N–H and O–H groups in total. The number of carbonyl (C=O) groups excluding carboxylic acids is 1. The van der Waals surface area contributed by atoms with Crippen LogP contribution in [0.4, 0.5) is 0 Å². The van der Waals surface area contributed by atoms with E-state index in [4.69, 9.17) is 0 Å². The molecular weight excluding hydrogens is 376 g/mol. The van der Waals surface area contributed by atoms with Crippen molar-refractivity contribution in [1.82, 2.24) is 10.3 Å². The third-order valence-corrected chi connectivity index (χ3v) is 6.80. The quantitative estimate of drug-likeness (QED) is 0.513. The summed E-state index contributed by atoms with van der Waals surface area (Å²) in [7, 11) is 0. The summed E-state index contributed by atoms with van der Waals surface area (Å²) < 4.78 is 0. The molecule has 2 aliphatic rings. The summed E-state index contributed by atoms with van der Waals surface area (Å²) in [6.45, 7) is 3.19. The Balaban J connectivity index is 1.21. The van der Waals surface area contributed by atoms with E-state index in [1.165, 1.54) is 31.4 Å². The van der Waals surface area contributed by atoms with Crippen LogP contribution in [0.2, 0.25) is 0 Å². The minimum absolute atomic E-state index is 0.155. The van der Waals surface area contributed by atoms with Gasteiger partial charge in [0, 0.05) is 34.9 Å². The van der Waals surface area contributed by atoms with E-state index in [-0.39, 0.29) is 5.78 Å². The number of aromatic nitrogens is 1. The fourth-order valence-electron chi connectivity index (χ4n) is 3.95. The number of benzene rings is 2. The molecule has 3 nitrogen and oxygen atoms in total. The number of thiazole rings is 1. The molecule has 2 fully saturated rings. The van der Waals surface area contributed by atoms with Crippen LogP contribution in [0.1, 0.15) is 51.7 Å². The minimum atomic E-state index is 0.155. The molecule has 0 aliphatic heterocycles. The monoisotopic (exact) mass is 402 g/mol. The van der Waals surface area contributed by atoms with E-state index in [1.54, 1.807) is 11.3 Å². The number of ketones is 1. The van der Waals surface area contributed by atoms with Gasteiger partial charge in [0.1, 0.15) is 0 Å². The van der Waals surface area contributed by atoms with Crippen LogP contribution < -0.4 is 5.32 Å². The van der Waals surface area contributed by atoms with Crippen molar-refractivity contribution < 1.29 is 4.79 Å². The van der Waals surface area contributed by atoms with Crippen molar-refractivity contribution in [2.75, 3.05) is 6.54 Å². The number of hydrogen-bond donors (Lipinski definition) is 1. The van der Waals surface area contributed by atoms with E-state index in [2.05, 4.69) is 34.6 Å². The first-order valence-electron chi connectivity index (χ1n) is 10.5. The van der Waals surface area contributed by atoms with E-state index in [9.17, 15) is 4.79 Å². The van der Waals surface area contributed by atoms with Crippen molar-refractivity contribution in [3.8, 4) is 11.3 Å². The Hall–Kier alpha value is -2.30. The highest BCUT2D eigenvalue weighted by atomic mass is 32.1. The number of nitrogens with one attached hydrogen (secondary N) is 1. The standard InChI is InChI=1S/C25H26N2OS/c1-16-27-24(15-29-16)20-3-2-4-21(12-20)25(28)11-17-7-9-19(10-8-17)22-13-23(22)26-14-18-5-6-18/h2-4,7-10,12,15,18,22-23,26H,5-6,11,13-14H2,1H3. The van der Waals surface area contributed by atoms with Gasteiger partial charge < -0.3 is 5.32 Å². The van der Waals surface area contributed by atoms with Gasteiger partial charge in [-0.25, -0.2) is 4.98 Å². The zero-order chi connectivity index (χ0) is 19.8. The Morgan fingerprint density at radius 3 is 2.72 bits per heavy atom. The number of aryl methyl sites for hydroxylation is 1. The van der Waals surface area contributed by atoms with Crippen molar-refractivity contribution in [3.63, 3.8) is 0 Å². The number of carbonyl (C=O) groups is 1. The van der Waals surface area contributed by atoms with Crippen molar-refractivity contribution in [2.24, 2.45) is 5.92 Å². The van der Waals surface area contributed by atoms with E-state index < -0.39 is 0 Å². The molecule has 0 saturated heterocycles. The van der Waals surface area contributed by atoms with Crippen LogP contribution in [0.5, 0.6) is 0 Å². The SMILES string of the molecule is Cc1nc(-c2cccc(C(=O)Cc3ccc(C4CC4NCC4CC4)cc3)c2)cs1. The largest absolute Gasteiger partial charge is 0.313 e. The predicted octanol–water partition coefficient (Wildman–Crippen LogP) is 5.40. The molecule has 29 heavy (non-hydrogen) atoms. The number of hydrogen-bond acceptors (Lipinski definition) is 4. The summed E-state index contributed by atoms with van der Waals surface area (Å²) in [5, 5.41) is 6.78. The average molecular weight is 403 g/mol. The van der Waals surface area contributed by atoms with Gasteiger partial charge in [0.2, 0.25) is 0 Å². The van der Waals surface area contributed by atoms with Crippen LogP contribution in [0.3, 0.4) is 0 Å². The van der Waals surface area contributed by atoms with Crippen LogP contribution in [0.25, 0.3) is 11.3 Å². The van der Waals surface area contributed by atoms with Gasteiger partial charge in [-0.1, -0.05) is 42.5 Å². The molecule has 2 atom stereocenters. The van der Waals surface area contributed by atoms with Crippen molar-refractivity contribution in [2.45, 2.75) is 44.6 Å². The normalized spacial score (nSPS) is 20.6. The topological polar surface area (TPSA) is 42.0 Å². The van der Waals surface area contributed by atoms with Crippen LogP contribution in [-0.2, 0) is 6.42 Å².